The number of carboxylic acid groups (broad SMARTS) is 1. The van der Waals surface area contributed by atoms with Gasteiger partial charge in [-0.15, -0.1) is 0 Å². The second-order valence-electron chi connectivity index (χ2n) is 10.1. The first-order valence-electron chi connectivity index (χ1n) is 13.0. The Balaban J connectivity index is 1.22. The summed E-state index contributed by atoms with van der Waals surface area (Å²) < 4.78 is 13.8. The molecule has 202 valence electrons. The van der Waals surface area contributed by atoms with Crippen molar-refractivity contribution in [2.45, 2.75) is 52.1 Å². The number of rotatable bonds is 8. The van der Waals surface area contributed by atoms with Crippen LogP contribution in [0.5, 0.6) is 5.88 Å². The minimum atomic E-state index is -0.951. The fourth-order valence-corrected chi connectivity index (χ4v) is 5.59. The Morgan fingerprint density at radius 3 is 2.77 bits per heavy atom. The minimum Gasteiger partial charge on any atom is -0.478 e. The van der Waals surface area contributed by atoms with Crippen LogP contribution in [-0.2, 0) is 37.4 Å². The Labute approximate surface area is 236 Å². The summed E-state index contributed by atoms with van der Waals surface area (Å²) in [4.78, 5) is 23.6. The summed E-state index contributed by atoms with van der Waals surface area (Å²) in [5, 5.41) is 10.7. The average Bonchev–Trinajstić information content (AvgIpc) is 3.21. The molecule has 4 aromatic rings. The van der Waals surface area contributed by atoms with Gasteiger partial charge in [-0.05, 0) is 72.9 Å². The standard InChI is InChI=1S/C29H28Cl2N4O4/c1-17-10-21(30)4-2-20(17)16-39-28-23(31)11-18-6-8-34(14-25(18)33-28)15-27-32-24-5-3-19(29(36)37)12-26(24)35(27)13-22-7-9-38-22/h2-5,10-12,22H,6-9,13-16H2,1H3,(H,36,37)/t22-/m0/s1. The number of ether oxygens (including phenoxy) is 2. The Kier molecular flexibility index (Phi) is 7.20. The number of hydrogen-bond acceptors (Lipinski definition) is 6. The van der Waals surface area contributed by atoms with Crippen LogP contribution < -0.4 is 4.74 Å². The van der Waals surface area contributed by atoms with Gasteiger partial charge in [0.2, 0.25) is 5.88 Å². The Morgan fingerprint density at radius 1 is 1.18 bits per heavy atom. The SMILES string of the molecule is Cc1cc(Cl)ccc1COc1nc2c(cc1Cl)CCN(Cc1nc3ccc(C(=O)O)cc3n1C[C@@H]1CCO1)C2. The summed E-state index contributed by atoms with van der Waals surface area (Å²) >= 11 is 12.6. The van der Waals surface area contributed by atoms with Crippen molar-refractivity contribution in [3.05, 3.63) is 86.3 Å². The molecule has 39 heavy (non-hydrogen) atoms. The van der Waals surface area contributed by atoms with Crippen molar-refractivity contribution in [2.24, 2.45) is 0 Å². The molecule has 8 nitrogen and oxygen atoms in total. The summed E-state index contributed by atoms with van der Waals surface area (Å²) in [5.41, 5.74) is 5.98. The van der Waals surface area contributed by atoms with Gasteiger partial charge < -0.3 is 19.1 Å². The van der Waals surface area contributed by atoms with Crippen LogP contribution in [0.3, 0.4) is 0 Å². The van der Waals surface area contributed by atoms with E-state index >= 15 is 0 Å². The molecule has 2 aromatic carbocycles. The number of carboxylic acids is 1. The first-order chi connectivity index (χ1) is 18.8. The lowest BCUT2D eigenvalue weighted by Gasteiger charge is -2.30. The van der Waals surface area contributed by atoms with Crippen molar-refractivity contribution in [2.75, 3.05) is 13.2 Å². The van der Waals surface area contributed by atoms with Crippen LogP contribution in [-0.4, -0.2) is 49.8 Å². The molecule has 0 radical (unpaired) electrons. The quantitative estimate of drug-likeness (QED) is 0.294. The molecule has 1 N–H and O–H groups in total. The molecular weight excluding hydrogens is 539 g/mol. The number of nitrogens with zero attached hydrogens (tertiary/aromatic N) is 4. The van der Waals surface area contributed by atoms with Crippen LogP contribution in [0.2, 0.25) is 10.0 Å². The molecule has 1 atom stereocenters. The van der Waals surface area contributed by atoms with E-state index in [-0.39, 0.29) is 11.7 Å². The summed E-state index contributed by atoms with van der Waals surface area (Å²) in [6.45, 7) is 5.82. The summed E-state index contributed by atoms with van der Waals surface area (Å²) in [5.74, 6) is 0.352. The number of imidazole rings is 1. The highest BCUT2D eigenvalue weighted by atomic mass is 35.5. The monoisotopic (exact) mass is 566 g/mol. The fraction of sp³-hybridized carbons (Fsp3) is 0.345. The van der Waals surface area contributed by atoms with Crippen LogP contribution in [0, 0.1) is 6.92 Å². The van der Waals surface area contributed by atoms with Crippen molar-refractivity contribution in [1.29, 1.82) is 0 Å². The lowest BCUT2D eigenvalue weighted by atomic mass is 10.1. The lowest BCUT2D eigenvalue weighted by molar-refractivity contribution is -0.0592. The van der Waals surface area contributed by atoms with E-state index in [2.05, 4.69) is 9.47 Å². The predicted molar refractivity (Wildman–Crippen MR) is 149 cm³/mol. The molecule has 0 amide bonds. The second kappa shape index (κ2) is 10.8. The van der Waals surface area contributed by atoms with Crippen molar-refractivity contribution < 1.29 is 19.4 Å². The molecule has 2 aliphatic heterocycles. The maximum atomic E-state index is 11.6. The molecule has 1 saturated heterocycles. The van der Waals surface area contributed by atoms with Gasteiger partial charge in [0.05, 0.1) is 41.5 Å². The lowest BCUT2D eigenvalue weighted by Crippen LogP contribution is -2.34. The van der Waals surface area contributed by atoms with Crippen molar-refractivity contribution in [3.8, 4) is 5.88 Å². The van der Waals surface area contributed by atoms with E-state index in [0.717, 1.165) is 65.2 Å². The Hall–Kier alpha value is -3.17. The van der Waals surface area contributed by atoms with Gasteiger partial charge in [-0.2, -0.15) is 0 Å². The number of pyridine rings is 1. The van der Waals surface area contributed by atoms with Crippen LogP contribution in [0.25, 0.3) is 11.0 Å². The highest BCUT2D eigenvalue weighted by Gasteiger charge is 2.25. The van der Waals surface area contributed by atoms with Gasteiger partial charge >= 0.3 is 5.97 Å². The molecule has 0 unspecified atom stereocenters. The molecule has 0 aliphatic carbocycles. The van der Waals surface area contributed by atoms with E-state index in [1.807, 2.05) is 31.2 Å². The van der Waals surface area contributed by atoms with Crippen molar-refractivity contribution in [1.82, 2.24) is 19.4 Å². The molecule has 6 rings (SSSR count). The first-order valence-corrected chi connectivity index (χ1v) is 13.7. The van der Waals surface area contributed by atoms with Crippen LogP contribution in [0.4, 0.5) is 0 Å². The van der Waals surface area contributed by atoms with Gasteiger partial charge in [0.25, 0.3) is 0 Å². The highest BCUT2D eigenvalue weighted by Crippen LogP contribution is 2.30. The van der Waals surface area contributed by atoms with Gasteiger partial charge in [-0.1, -0.05) is 29.3 Å². The molecule has 2 aromatic heterocycles. The Bertz CT molecular complexity index is 1570. The molecule has 4 heterocycles. The van der Waals surface area contributed by atoms with Crippen LogP contribution in [0.1, 0.15) is 45.0 Å². The van der Waals surface area contributed by atoms with E-state index in [4.69, 9.17) is 42.6 Å². The minimum absolute atomic E-state index is 0.115. The molecule has 0 bridgehead atoms. The largest absolute Gasteiger partial charge is 0.478 e. The number of halogens is 2. The zero-order valence-corrected chi connectivity index (χ0v) is 23.0. The van der Waals surface area contributed by atoms with Gasteiger partial charge in [0.15, 0.2) is 0 Å². The molecule has 1 fully saturated rings. The third kappa shape index (κ3) is 5.47. The molecule has 2 aliphatic rings. The molecule has 0 spiro atoms. The van der Waals surface area contributed by atoms with E-state index in [1.54, 1.807) is 18.2 Å². The maximum absolute atomic E-state index is 11.6. The number of benzene rings is 2. The van der Waals surface area contributed by atoms with Gasteiger partial charge in [0.1, 0.15) is 17.5 Å². The maximum Gasteiger partial charge on any atom is 0.335 e. The zero-order valence-electron chi connectivity index (χ0n) is 21.5. The second-order valence-corrected chi connectivity index (χ2v) is 11.0. The average molecular weight is 567 g/mol. The fourth-order valence-electron chi connectivity index (χ4n) is 5.13. The summed E-state index contributed by atoms with van der Waals surface area (Å²) in [6, 6.07) is 12.7. The number of hydrogen-bond donors (Lipinski definition) is 1. The number of fused-ring (bicyclic) bond motifs is 2. The van der Waals surface area contributed by atoms with E-state index in [0.29, 0.717) is 42.2 Å². The first kappa shape index (κ1) is 26.1. The topological polar surface area (TPSA) is 89.7 Å². The highest BCUT2D eigenvalue weighted by molar-refractivity contribution is 6.32. The zero-order chi connectivity index (χ0) is 27.1. The molecule has 0 saturated carbocycles. The number of aromatic carboxylic acids is 1. The predicted octanol–water partition coefficient (Wildman–Crippen LogP) is 5.67. The number of aryl methyl sites for hydroxylation is 1. The normalized spacial score (nSPS) is 17.2. The van der Waals surface area contributed by atoms with Gasteiger partial charge in [-0.3, -0.25) is 4.90 Å². The summed E-state index contributed by atoms with van der Waals surface area (Å²) in [6.07, 6.45) is 1.91. The van der Waals surface area contributed by atoms with Crippen molar-refractivity contribution >= 4 is 40.2 Å². The third-order valence-corrected chi connectivity index (χ3v) is 7.98. The smallest absolute Gasteiger partial charge is 0.335 e. The number of carbonyl (C=O) groups is 1. The third-order valence-electron chi connectivity index (χ3n) is 7.47. The van der Waals surface area contributed by atoms with E-state index in [1.165, 1.54) is 0 Å². The number of aromatic nitrogens is 3. The molecular formula is C29H28Cl2N4O4. The summed E-state index contributed by atoms with van der Waals surface area (Å²) in [7, 11) is 0. The van der Waals surface area contributed by atoms with Crippen molar-refractivity contribution in [3.63, 3.8) is 0 Å². The van der Waals surface area contributed by atoms with Crippen LogP contribution in [0.15, 0.2) is 42.5 Å². The van der Waals surface area contributed by atoms with E-state index in [9.17, 15) is 9.90 Å². The van der Waals surface area contributed by atoms with Gasteiger partial charge in [-0.25, -0.2) is 14.8 Å². The van der Waals surface area contributed by atoms with E-state index < -0.39 is 5.97 Å². The molecule has 10 heteroatoms. The van der Waals surface area contributed by atoms with Gasteiger partial charge in [0, 0.05) is 24.7 Å². The van der Waals surface area contributed by atoms with Crippen LogP contribution >= 0.6 is 23.2 Å². The Morgan fingerprint density at radius 2 is 2.03 bits per heavy atom.